The quantitative estimate of drug-likeness (QED) is 0.926. The Labute approximate surface area is 133 Å². The Hall–Kier alpha value is -1.55. The maximum Gasteiger partial charge on any atom is 0.407 e. The van der Waals surface area contributed by atoms with Crippen molar-refractivity contribution in [1.29, 1.82) is 0 Å². The summed E-state index contributed by atoms with van der Waals surface area (Å²) in [6.07, 6.45) is 2.88. The molecular formula is C18H28N2O2. The second-order valence-electron chi connectivity index (χ2n) is 7.15. The third kappa shape index (κ3) is 4.47. The van der Waals surface area contributed by atoms with E-state index < -0.39 is 0 Å². The van der Waals surface area contributed by atoms with Crippen molar-refractivity contribution < 1.29 is 9.53 Å². The second kappa shape index (κ2) is 7.14. The van der Waals surface area contributed by atoms with Crippen molar-refractivity contribution in [3.63, 3.8) is 0 Å². The number of ether oxygens (including phenoxy) is 1. The van der Waals surface area contributed by atoms with Gasteiger partial charge in [0, 0.05) is 12.1 Å². The van der Waals surface area contributed by atoms with Crippen LogP contribution in [0, 0.1) is 5.41 Å². The number of rotatable bonds is 4. The summed E-state index contributed by atoms with van der Waals surface area (Å²) in [5.41, 5.74) is 1.09. The highest BCUT2D eigenvalue weighted by molar-refractivity contribution is 5.67. The molecule has 2 rings (SSSR count). The van der Waals surface area contributed by atoms with Gasteiger partial charge in [-0.15, -0.1) is 0 Å². The van der Waals surface area contributed by atoms with Gasteiger partial charge in [0.05, 0.1) is 0 Å². The van der Waals surface area contributed by atoms with E-state index >= 15 is 0 Å². The minimum atomic E-state index is -0.315. The first-order valence-corrected chi connectivity index (χ1v) is 8.02. The third-order valence-corrected chi connectivity index (χ3v) is 4.73. The van der Waals surface area contributed by atoms with Crippen LogP contribution in [-0.2, 0) is 11.3 Å². The number of nitrogens with one attached hydrogen (secondary N) is 1. The van der Waals surface area contributed by atoms with Gasteiger partial charge in [0.15, 0.2) is 0 Å². The van der Waals surface area contributed by atoms with Crippen molar-refractivity contribution in [2.75, 3.05) is 14.1 Å². The summed E-state index contributed by atoms with van der Waals surface area (Å²) in [5, 5.41) is 3.06. The zero-order valence-corrected chi connectivity index (χ0v) is 14.1. The van der Waals surface area contributed by atoms with Crippen LogP contribution in [0.25, 0.3) is 0 Å². The van der Waals surface area contributed by atoms with Crippen LogP contribution in [0.4, 0.5) is 4.79 Å². The van der Waals surface area contributed by atoms with Gasteiger partial charge in [-0.3, -0.25) is 0 Å². The normalized spacial score (nSPS) is 24.0. The number of carbonyl (C=O) groups excluding carboxylic acids is 1. The van der Waals surface area contributed by atoms with Crippen LogP contribution in [-0.4, -0.2) is 37.2 Å². The highest BCUT2D eigenvalue weighted by atomic mass is 16.5. The van der Waals surface area contributed by atoms with Crippen molar-refractivity contribution in [2.24, 2.45) is 5.41 Å². The van der Waals surface area contributed by atoms with Crippen molar-refractivity contribution >= 4 is 6.09 Å². The summed E-state index contributed by atoms with van der Waals surface area (Å²) >= 11 is 0. The first kappa shape index (κ1) is 16.8. The number of amides is 1. The lowest BCUT2D eigenvalue weighted by atomic mass is 9.71. The van der Waals surface area contributed by atoms with E-state index in [9.17, 15) is 4.79 Å². The van der Waals surface area contributed by atoms with Crippen LogP contribution in [0.5, 0.6) is 0 Å². The van der Waals surface area contributed by atoms with Gasteiger partial charge in [0.25, 0.3) is 0 Å². The van der Waals surface area contributed by atoms with Gasteiger partial charge in [-0.05, 0) is 44.3 Å². The van der Waals surface area contributed by atoms with Crippen LogP contribution < -0.4 is 5.32 Å². The number of alkyl carbamates (subject to hydrolysis) is 1. The molecule has 22 heavy (non-hydrogen) atoms. The van der Waals surface area contributed by atoms with E-state index in [1.807, 2.05) is 30.3 Å². The van der Waals surface area contributed by atoms with Crippen molar-refractivity contribution in [1.82, 2.24) is 10.2 Å². The molecule has 0 saturated heterocycles. The van der Waals surface area contributed by atoms with E-state index in [4.69, 9.17) is 4.74 Å². The average Bonchev–Trinajstić information content (AvgIpc) is 2.48. The van der Waals surface area contributed by atoms with E-state index in [2.05, 4.69) is 38.2 Å². The summed E-state index contributed by atoms with van der Waals surface area (Å²) in [7, 11) is 4.26. The van der Waals surface area contributed by atoms with E-state index in [0.29, 0.717) is 12.6 Å². The monoisotopic (exact) mass is 304 g/mol. The largest absolute Gasteiger partial charge is 0.445 e. The van der Waals surface area contributed by atoms with Gasteiger partial charge in [-0.2, -0.15) is 0 Å². The number of benzene rings is 1. The summed E-state index contributed by atoms with van der Waals surface area (Å²) in [4.78, 5) is 14.3. The van der Waals surface area contributed by atoms with Crippen molar-refractivity contribution in [2.45, 2.75) is 51.8 Å². The number of hydrogen-bond acceptors (Lipinski definition) is 3. The van der Waals surface area contributed by atoms with Crippen molar-refractivity contribution in [3.8, 4) is 0 Å². The maximum absolute atomic E-state index is 12.0. The molecule has 4 nitrogen and oxygen atoms in total. The van der Waals surface area contributed by atoms with Gasteiger partial charge in [-0.25, -0.2) is 4.79 Å². The second-order valence-corrected chi connectivity index (χ2v) is 7.15. The summed E-state index contributed by atoms with van der Waals surface area (Å²) in [6, 6.07) is 10.5. The van der Waals surface area contributed by atoms with E-state index in [0.717, 1.165) is 24.8 Å². The Morgan fingerprint density at radius 1 is 1.27 bits per heavy atom. The summed E-state index contributed by atoms with van der Waals surface area (Å²) in [5.74, 6) is 0. The molecule has 4 heteroatoms. The SMILES string of the molecule is CN(C)[C@@H]1CC[C@H](NC(=O)OCc2ccccc2)C(C)(C)C1. The minimum Gasteiger partial charge on any atom is -0.445 e. The van der Waals surface area contributed by atoms with Gasteiger partial charge in [0.2, 0.25) is 0 Å². The highest BCUT2D eigenvalue weighted by Gasteiger charge is 2.38. The topological polar surface area (TPSA) is 41.6 Å². The average molecular weight is 304 g/mol. The van der Waals surface area contributed by atoms with Crippen LogP contribution in [0.2, 0.25) is 0 Å². The molecule has 0 heterocycles. The predicted octanol–water partition coefficient (Wildman–Crippen LogP) is 3.42. The Balaban J connectivity index is 1.84. The maximum atomic E-state index is 12.0. The molecule has 1 aliphatic rings. The molecule has 1 amide bonds. The number of hydrogen-bond donors (Lipinski definition) is 1. The molecule has 0 radical (unpaired) electrons. The Kier molecular flexibility index (Phi) is 5.46. The van der Waals surface area contributed by atoms with E-state index in [1.165, 1.54) is 0 Å². The number of carbonyl (C=O) groups is 1. The molecule has 0 aromatic heterocycles. The first-order valence-electron chi connectivity index (χ1n) is 8.02. The molecule has 1 fully saturated rings. The molecule has 0 spiro atoms. The standard InChI is InChI=1S/C18H28N2O2/c1-18(2)12-15(20(3)4)10-11-16(18)19-17(21)22-13-14-8-6-5-7-9-14/h5-9,15-16H,10-13H2,1-4H3,(H,19,21)/t15-,16+/m1/s1. The lowest BCUT2D eigenvalue weighted by molar-refractivity contribution is 0.0789. The van der Waals surface area contributed by atoms with Gasteiger partial charge in [-0.1, -0.05) is 44.2 Å². The lowest BCUT2D eigenvalue weighted by Crippen LogP contribution is -2.51. The fourth-order valence-corrected chi connectivity index (χ4v) is 3.22. The van der Waals surface area contributed by atoms with Crippen molar-refractivity contribution in [3.05, 3.63) is 35.9 Å². The molecule has 122 valence electrons. The molecule has 1 aliphatic carbocycles. The van der Waals surface area contributed by atoms with Crippen LogP contribution >= 0.6 is 0 Å². The van der Waals surface area contributed by atoms with Gasteiger partial charge in [0.1, 0.15) is 6.61 Å². The molecule has 1 aromatic carbocycles. The molecular weight excluding hydrogens is 276 g/mol. The lowest BCUT2D eigenvalue weighted by Gasteiger charge is -2.44. The predicted molar refractivity (Wildman–Crippen MR) is 88.7 cm³/mol. The summed E-state index contributed by atoms with van der Waals surface area (Å²) in [6.45, 7) is 4.77. The van der Waals surface area contributed by atoms with E-state index in [1.54, 1.807) is 0 Å². The molecule has 0 bridgehead atoms. The molecule has 1 aromatic rings. The zero-order chi connectivity index (χ0) is 16.2. The Morgan fingerprint density at radius 3 is 2.55 bits per heavy atom. The molecule has 0 aliphatic heterocycles. The molecule has 2 atom stereocenters. The minimum absolute atomic E-state index is 0.0823. The molecule has 1 N–H and O–H groups in total. The summed E-state index contributed by atoms with van der Waals surface area (Å²) < 4.78 is 5.34. The van der Waals surface area contributed by atoms with Crippen LogP contribution in [0.3, 0.4) is 0 Å². The first-order chi connectivity index (χ1) is 10.4. The zero-order valence-electron chi connectivity index (χ0n) is 14.1. The third-order valence-electron chi connectivity index (χ3n) is 4.73. The van der Waals surface area contributed by atoms with Gasteiger partial charge >= 0.3 is 6.09 Å². The Bertz CT molecular complexity index is 485. The smallest absolute Gasteiger partial charge is 0.407 e. The van der Waals surface area contributed by atoms with Crippen LogP contribution in [0.15, 0.2) is 30.3 Å². The fraction of sp³-hybridized carbons (Fsp3) is 0.611. The number of nitrogens with zero attached hydrogens (tertiary/aromatic N) is 1. The fourth-order valence-electron chi connectivity index (χ4n) is 3.22. The highest BCUT2D eigenvalue weighted by Crippen LogP contribution is 2.37. The Morgan fingerprint density at radius 2 is 1.95 bits per heavy atom. The van der Waals surface area contributed by atoms with E-state index in [-0.39, 0.29) is 17.6 Å². The van der Waals surface area contributed by atoms with Gasteiger partial charge < -0.3 is 15.0 Å². The molecule has 0 unspecified atom stereocenters. The van der Waals surface area contributed by atoms with Crippen LogP contribution in [0.1, 0.15) is 38.7 Å². The molecule has 1 saturated carbocycles.